The average Bonchev–Trinajstić information content (AvgIpc) is 2.82. The zero-order valence-electron chi connectivity index (χ0n) is 19.0. The minimum absolute atomic E-state index is 0.0231. The number of benzene rings is 2. The Labute approximate surface area is 197 Å². The quantitative estimate of drug-likeness (QED) is 0.352. The SMILES string of the molecule is COc1ccc(Oc2ccc(-c3ccn(CCC(C)(C(=O)NO)S(C)(=O)=O)c(=O)c3)cc2)cc1. The van der Waals surface area contributed by atoms with Crippen molar-refractivity contribution in [2.75, 3.05) is 13.4 Å². The van der Waals surface area contributed by atoms with Crippen LogP contribution in [-0.4, -0.2) is 42.2 Å². The molecule has 1 unspecified atom stereocenters. The Kier molecular flexibility index (Phi) is 7.43. The molecule has 0 spiro atoms. The summed E-state index contributed by atoms with van der Waals surface area (Å²) in [5.41, 5.74) is 2.52. The number of hydrogen-bond donors (Lipinski definition) is 2. The number of nitrogens with zero attached hydrogens (tertiary/aromatic N) is 1. The Morgan fingerprint density at radius 1 is 1.00 bits per heavy atom. The zero-order chi connectivity index (χ0) is 24.9. The van der Waals surface area contributed by atoms with E-state index < -0.39 is 20.5 Å². The summed E-state index contributed by atoms with van der Waals surface area (Å²) in [4.78, 5) is 24.6. The molecule has 10 heteroatoms. The monoisotopic (exact) mass is 486 g/mol. The van der Waals surface area contributed by atoms with Crippen LogP contribution in [0.3, 0.4) is 0 Å². The van der Waals surface area contributed by atoms with Crippen LogP contribution < -0.4 is 20.5 Å². The van der Waals surface area contributed by atoms with E-state index in [1.54, 1.807) is 55.8 Å². The molecule has 0 fully saturated rings. The lowest BCUT2D eigenvalue weighted by Gasteiger charge is -2.25. The van der Waals surface area contributed by atoms with Gasteiger partial charge in [-0.15, -0.1) is 0 Å². The zero-order valence-corrected chi connectivity index (χ0v) is 19.8. The third-order valence-corrected chi connectivity index (χ3v) is 7.74. The average molecular weight is 487 g/mol. The van der Waals surface area contributed by atoms with Crippen LogP contribution in [0, 0.1) is 0 Å². The van der Waals surface area contributed by atoms with Gasteiger partial charge in [0.15, 0.2) is 14.6 Å². The van der Waals surface area contributed by atoms with Crippen molar-refractivity contribution in [1.82, 2.24) is 10.0 Å². The van der Waals surface area contributed by atoms with E-state index in [1.807, 2.05) is 12.1 Å². The molecule has 2 N–H and O–H groups in total. The Hall–Kier alpha value is -3.63. The van der Waals surface area contributed by atoms with E-state index in [1.165, 1.54) is 23.0 Å². The van der Waals surface area contributed by atoms with Crippen molar-refractivity contribution >= 4 is 15.7 Å². The van der Waals surface area contributed by atoms with Gasteiger partial charge in [-0.2, -0.15) is 0 Å². The topological polar surface area (TPSA) is 124 Å². The first-order valence-corrected chi connectivity index (χ1v) is 12.2. The van der Waals surface area contributed by atoms with Crippen LogP contribution in [0.2, 0.25) is 0 Å². The molecule has 3 aromatic rings. The Balaban J connectivity index is 1.73. The second-order valence-corrected chi connectivity index (χ2v) is 10.4. The molecule has 0 aliphatic heterocycles. The molecule has 1 atom stereocenters. The van der Waals surface area contributed by atoms with Gasteiger partial charge in [0, 0.05) is 25.1 Å². The summed E-state index contributed by atoms with van der Waals surface area (Å²) in [5.74, 6) is 0.975. The number of methoxy groups -OCH3 is 1. The molecule has 0 saturated heterocycles. The van der Waals surface area contributed by atoms with Crippen molar-refractivity contribution < 1.29 is 27.9 Å². The van der Waals surface area contributed by atoms with Gasteiger partial charge in [-0.1, -0.05) is 12.1 Å². The molecule has 9 nitrogen and oxygen atoms in total. The fraction of sp³-hybridized carbons (Fsp3) is 0.250. The summed E-state index contributed by atoms with van der Waals surface area (Å²) in [5, 5.41) is 8.92. The molecular formula is C24H26N2O7S. The number of hydrogen-bond acceptors (Lipinski definition) is 7. The Morgan fingerprint density at radius 3 is 2.06 bits per heavy atom. The number of hydroxylamine groups is 1. The van der Waals surface area contributed by atoms with E-state index in [2.05, 4.69) is 0 Å². The van der Waals surface area contributed by atoms with Gasteiger partial charge in [0.05, 0.1) is 7.11 Å². The highest BCUT2D eigenvalue weighted by molar-refractivity contribution is 7.92. The molecule has 1 aromatic heterocycles. The third-order valence-electron chi connectivity index (χ3n) is 5.71. The van der Waals surface area contributed by atoms with Gasteiger partial charge >= 0.3 is 0 Å². The summed E-state index contributed by atoms with van der Waals surface area (Å²) in [6.45, 7) is 1.19. The van der Waals surface area contributed by atoms with Gasteiger partial charge in [0.1, 0.15) is 17.2 Å². The van der Waals surface area contributed by atoms with Crippen LogP contribution in [-0.2, 0) is 21.2 Å². The fourth-order valence-corrected chi connectivity index (χ4v) is 4.13. The molecule has 34 heavy (non-hydrogen) atoms. The number of nitrogens with one attached hydrogen (secondary N) is 1. The first kappa shape index (κ1) is 25.0. The highest BCUT2D eigenvalue weighted by atomic mass is 32.2. The number of amides is 1. The number of carbonyl (C=O) groups is 1. The molecule has 0 saturated carbocycles. The van der Waals surface area contributed by atoms with Gasteiger partial charge < -0.3 is 14.0 Å². The standard InChI is InChI=1S/C24H26N2O7S/c1-24(23(28)25-29,34(3,30)31)13-15-26-14-12-18(16-22(26)27)17-4-6-20(7-5-17)33-21-10-8-19(32-2)9-11-21/h4-12,14,16,29H,13,15H2,1-3H3,(H,25,28). The van der Waals surface area contributed by atoms with Crippen molar-refractivity contribution in [3.8, 4) is 28.4 Å². The minimum Gasteiger partial charge on any atom is -0.497 e. The van der Waals surface area contributed by atoms with E-state index in [-0.39, 0.29) is 18.5 Å². The van der Waals surface area contributed by atoms with Gasteiger partial charge in [0.25, 0.3) is 11.5 Å². The number of rotatable bonds is 9. The normalized spacial score (nSPS) is 13.1. The van der Waals surface area contributed by atoms with E-state index in [0.717, 1.165) is 17.6 Å². The van der Waals surface area contributed by atoms with E-state index in [4.69, 9.17) is 14.7 Å². The maximum absolute atomic E-state index is 12.6. The summed E-state index contributed by atoms with van der Waals surface area (Å²) < 4.78 is 34.6. The number of aromatic nitrogens is 1. The van der Waals surface area contributed by atoms with Crippen molar-refractivity contribution in [2.24, 2.45) is 0 Å². The summed E-state index contributed by atoms with van der Waals surface area (Å²) in [6, 6.07) is 17.6. The van der Waals surface area contributed by atoms with Crippen LogP contribution in [0.5, 0.6) is 17.2 Å². The highest BCUT2D eigenvalue weighted by Crippen LogP contribution is 2.27. The molecule has 0 radical (unpaired) electrons. The molecule has 2 aromatic carbocycles. The maximum Gasteiger partial charge on any atom is 0.264 e. The van der Waals surface area contributed by atoms with Crippen LogP contribution >= 0.6 is 0 Å². The van der Waals surface area contributed by atoms with Gasteiger partial charge in [-0.3, -0.25) is 14.8 Å². The second-order valence-electron chi connectivity index (χ2n) is 7.94. The molecule has 180 valence electrons. The van der Waals surface area contributed by atoms with Crippen molar-refractivity contribution in [3.63, 3.8) is 0 Å². The summed E-state index contributed by atoms with van der Waals surface area (Å²) in [7, 11) is -2.25. The lowest BCUT2D eigenvalue weighted by molar-refractivity contribution is -0.131. The minimum atomic E-state index is -3.85. The van der Waals surface area contributed by atoms with Crippen molar-refractivity contribution in [2.45, 2.75) is 24.6 Å². The van der Waals surface area contributed by atoms with Crippen LogP contribution in [0.1, 0.15) is 13.3 Å². The second kappa shape index (κ2) is 10.1. The number of sulfone groups is 1. The van der Waals surface area contributed by atoms with E-state index >= 15 is 0 Å². The van der Waals surface area contributed by atoms with Crippen molar-refractivity contribution in [1.29, 1.82) is 0 Å². The highest BCUT2D eigenvalue weighted by Gasteiger charge is 2.43. The Bertz CT molecular complexity index is 1320. The van der Waals surface area contributed by atoms with Crippen LogP contribution in [0.4, 0.5) is 0 Å². The lowest BCUT2D eigenvalue weighted by atomic mass is 10.1. The predicted molar refractivity (Wildman–Crippen MR) is 127 cm³/mol. The molecule has 1 heterocycles. The molecule has 3 rings (SSSR count). The largest absolute Gasteiger partial charge is 0.497 e. The number of carbonyl (C=O) groups excluding carboxylic acids is 1. The lowest BCUT2D eigenvalue weighted by Crippen LogP contribution is -2.49. The van der Waals surface area contributed by atoms with Crippen LogP contribution in [0.25, 0.3) is 11.1 Å². The smallest absolute Gasteiger partial charge is 0.264 e. The molecular weight excluding hydrogens is 460 g/mol. The number of pyridine rings is 1. The molecule has 0 aliphatic carbocycles. The summed E-state index contributed by atoms with van der Waals surface area (Å²) in [6.07, 6.45) is 2.27. The maximum atomic E-state index is 12.6. The van der Waals surface area contributed by atoms with Gasteiger partial charge in [-0.05, 0) is 66.9 Å². The number of aryl methyl sites for hydroxylation is 1. The third kappa shape index (κ3) is 5.46. The molecule has 0 bridgehead atoms. The summed E-state index contributed by atoms with van der Waals surface area (Å²) >= 11 is 0. The van der Waals surface area contributed by atoms with Gasteiger partial charge in [-0.25, -0.2) is 13.9 Å². The first-order chi connectivity index (χ1) is 16.1. The number of ether oxygens (including phenoxy) is 2. The van der Waals surface area contributed by atoms with E-state index in [9.17, 15) is 18.0 Å². The Morgan fingerprint density at radius 2 is 1.56 bits per heavy atom. The van der Waals surface area contributed by atoms with Gasteiger partial charge in [0.2, 0.25) is 0 Å². The van der Waals surface area contributed by atoms with Crippen LogP contribution in [0.15, 0.2) is 71.7 Å². The fourth-order valence-electron chi connectivity index (χ4n) is 3.29. The van der Waals surface area contributed by atoms with Crippen molar-refractivity contribution in [3.05, 3.63) is 77.2 Å². The predicted octanol–water partition coefficient (Wildman–Crippen LogP) is 3.02. The first-order valence-electron chi connectivity index (χ1n) is 10.3. The molecule has 1 amide bonds. The molecule has 0 aliphatic rings. The van der Waals surface area contributed by atoms with E-state index in [0.29, 0.717) is 17.1 Å².